The highest BCUT2D eigenvalue weighted by molar-refractivity contribution is 6.29. The second-order valence-corrected chi connectivity index (χ2v) is 6.06. The molecule has 0 fully saturated rings. The fourth-order valence-corrected chi connectivity index (χ4v) is 2.75. The maximum atomic E-state index is 12.3. The zero-order valence-corrected chi connectivity index (χ0v) is 14.0. The molecule has 0 saturated heterocycles. The van der Waals surface area contributed by atoms with Crippen LogP contribution in [0.1, 0.15) is 40.9 Å². The maximum Gasteiger partial charge on any atom is 0.253 e. The van der Waals surface area contributed by atoms with Crippen LogP contribution < -0.4 is 5.32 Å². The highest BCUT2D eigenvalue weighted by atomic mass is 35.5. The van der Waals surface area contributed by atoms with Crippen molar-refractivity contribution < 1.29 is 9.90 Å². The zero-order chi connectivity index (χ0) is 16.8. The average molecular weight is 333 g/mol. The van der Waals surface area contributed by atoms with E-state index in [1.165, 1.54) is 0 Å². The first-order chi connectivity index (χ1) is 11.0. The van der Waals surface area contributed by atoms with Crippen LogP contribution in [0.25, 0.3) is 0 Å². The van der Waals surface area contributed by atoms with Gasteiger partial charge in [0, 0.05) is 12.5 Å². The van der Waals surface area contributed by atoms with Crippen LogP contribution in [0.3, 0.4) is 0 Å². The van der Waals surface area contributed by atoms with Crippen LogP contribution in [0.15, 0.2) is 42.5 Å². The van der Waals surface area contributed by atoms with Gasteiger partial charge in [0.1, 0.15) is 5.15 Å². The summed E-state index contributed by atoms with van der Waals surface area (Å²) in [5.74, 6) is -0.126. The van der Waals surface area contributed by atoms with E-state index < -0.39 is 6.10 Å². The van der Waals surface area contributed by atoms with Gasteiger partial charge in [0.25, 0.3) is 5.91 Å². The Morgan fingerprint density at radius 2 is 1.96 bits per heavy atom. The summed E-state index contributed by atoms with van der Waals surface area (Å²) >= 11 is 5.82. The Hall–Kier alpha value is -1.91. The van der Waals surface area contributed by atoms with Crippen LogP contribution in [0, 0.1) is 6.92 Å². The smallest absolute Gasteiger partial charge is 0.253 e. The molecule has 0 spiro atoms. The first-order valence-corrected chi connectivity index (χ1v) is 7.99. The summed E-state index contributed by atoms with van der Waals surface area (Å²) in [4.78, 5) is 16.4. The number of hydrogen-bond acceptors (Lipinski definition) is 3. The molecule has 0 saturated carbocycles. The van der Waals surface area contributed by atoms with Crippen molar-refractivity contribution in [1.82, 2.24) is 10.3 Å². The van der Waals surface area contributed by atoms with Crippen molar-refractivity contribution in [2.45, 2.75) is 32.3 Å². The fraction of sp³-hybridized carbons (Fsp3) is 0.333. The van der Waals surface area contributed by atoms with Crippen molar-refractivity contribution in [3.05, 3.63) is 64.4 Å². The molecule has 5 heteroatoms. The van der Waals surface area contributed by atoms with Crippen molar-refractivity contribution in [2.24, 2.45) is 0 Å². The third-order valence-electron chi connectivity index (χ3n) is 3.70. The molecule has 2 aromatic rings. The van der Waals surface area contributed by atoms with Gasteiger partial charge >= 0.3 is 0 Å². The van der Waals surface area contributed by atoms with Crippen LogP contribution in [0.4, 0.5) is 0 Å². The summed E-state index contributed by atoms with van der Waals surface area (Å²) in [7, 11) is 0. The van der Waals surface area contributed by atoms with Crippen molar-refractivity contribution in [3.8, 4) is 0 Å². The zero-order valence-electron chi connectivity index (χ0n) is 13.3. The van der Waals surface area contributed by atoms with Gasteiger partial charge in [0.2, 0.25) is 0 Å². The molecule has 2 N–H and O–H groups in total. The number of aryl methyl sites for hydroxylation is 1. The minimum atomic E-state index is -0.434. The van der Waals surface area contributed by atoms with Crippen molar-refractivity contribution in [1.29, 1.82) is 0 Å². The number of aliphatic hydroxyl groups is 1. The van der Waals surface area contributed by atoms with Crippen LogP contribution >= 0.6 is 11.6 Å². The predicted octanol–water partition coefficient (Wildman–Crippen LogP) is 3.33. The molecule has 1 amide bonds. The summed E-state index contributed by atoms with van der Waals surface area (Å²) in [6.07, 6.45) is 0.151. The third-order valence-corrected chi connectivity index (χ3v) is 3.91. The molecule has 2 rings (SSSR count). The summed E-state index contributed by atoms with van der Waals surface area (Å²) in [6, 6.07) is 13.2. The average Bonchev–Trinajstić information content (AvgIpc) is 2.51. The lowest BCUT2D eigenvalue weighted by atomic mass is 9.93. The van der Waals surface area contributed by atoms with Crippen molar-refractivity contribution in [2.75, 3.05) is 6.54 Å². The molecule has 1 aromatic carbocycles. The van der Waals surface area contributed by atoms with E-state index in [4.69, 9.17) is 11.6 Å². The Morgan fingerprint density at radius 1 is 1.26 bits per heavy atom. The molecule has 0 aliphatic heterocycles. The van der Waals surface area contributed by atoms with Gasteiger partial charge in [0.05, 0.1) is 17.4 Å². The largest absolute Gasteiger partial charge is 0.393 e. The molecule has 0 bridgehead atoms. The number of aromatic nitrogens is 1. The van der Waals surface area contributed by atoms with Gasteiger partial charge in [-0.1, -0.05) is 41.9 Å². The Balaban J connectivity index is 2.07. The van der Waals surface area contributed by atoms with Crippen LogP contribution in [0.5, 0.6) is 0 Å². The van der Waals surface area contributed by atoms with E-state index >= 15 is 0 Å². The van der Waals surface area contributed by atoms with Gasteiger partial charge in [-0.25, -0.2) is 4.98 Å². The van der Waals surface area contributed by atoms with E-state index in [0.29, 0.717) is 29.4 Å². The van der Waals surface area contributed by atoms with E-state index in [2.05, 4.69) is 10.3 Å². The second-order valence-electron chi connectivity index (χ2n) is 5.67. The molecular weight excluding hydrogens is 312 g/mol. The molecule has 23 heavy (non-hydrogen) atoms. The van der Waals surface area contributed by atoms with E-state index in [0.717, 1.165) is 5.56 Å². The number of carbonyl (C=O) groups is 1. The number of amides is 1. The molecule has 1 aromatic heterocycles. The number of benzene rings is 1. The normalized spacial score (nSPS) is 13.4. The molecule has 2 atom stereocenters. The van der Waals surface area contributed by atoms with Gasteiger partial charge in [-0.2, -0.15) is 0 Å². The lowest BCUT2D eigenvalue weighted by Crippen LogP contribution is -2.30. The standard InChI is InChI=1S/C18H21ClN2O2/c1-12(22)10-15(14-6-4-3-5-7-14)11-20-18(23)16-8-9-17(19)21-13(16)2/h3-9,12,15,22H,10-11H2,1-2H3,(H,20,23). The summed E-state index contributed by atoms with van der Waals surface area (Å²) in [6.45, 7) is 3.96. The summed E-state index contributed by atoms with van der Waals surface area (Å²) in [5, 5.41) is 13.0. The quantitative estimate of drug-likeness (QED) is 0.798. The first kappa shape index (κ1) is 17.4. The van der Waals surface area contributed by atoms with Crippen LogP contribution in [-0.4, -0.2) is 28.6 Å². The number of nitrogens with zero attached hydrogens (tertiary/aromatic N) is 1. The lowest BCUT2D eigenvalue weighted by molar-refractivity contribution is 0.0944. The summed E-state index contributed by atoms with van der Waals surface area (Å²) < 4.78 is 0. The van der Waals surface area contributed by atoms with Gasteiger partial charge in [-0.15, -0.1) is 0 Å². The second kappa shape index (κ2) is 8.09. The maximum absolute atomic E-state index is 12.3. The number of pyridine rings is 1. The molecule has 2 unspecified atom stereocenters. The monoisotopic (exact) mass is 332 g/mol. The number of carbonyl (C=O) groups excluding carboxylic acids is 1. The van der Waals surface area contributed by atoms with Gasteiger partial charge < -0.3 is 10.4 Å². The summed E-state index contributed by atoms with van der Waals surface area (Å²) in [5.41, 5.74) is 2.21. The van der Waals surface area contributed by atoms with E-state index in [-0.39, 0.29) is 11.8 Å². The first-order valence-electron chi connectivity index (χ1n) is 7.61. The molecule has 0 aliphatic rings. The van der Waals surface area contributed by atoms with Crippen LogP contribution in [-0.2, 0) is 0 Å². The number of rotatable bonds is 6. The Morgan fingerprint density at radius 3 is 2.57 bits per heavy atom. The topological polar surface area (TPSA) is 62.2 Å². The molecule has 1 heterocycles. The van der Waals surface area contributed by atoms with Crippen molar-refractivity contribution >= 4 is 17.5 Å². The predicted molar refractivity (Wildman–Crippen MR) is 91.8 cm³/mol. The number of hydrogen-bond donors (Lipinski definition) is 2. The minimum Gasteiger partial charge on any atom is -0.393 e. The third kappa shape index (κ3) is 5.05. The molecule has 0 radical (unpaired) electrons. The Bertz CT molecular complexity index is 659. The van der Waals surface area contributed by atoms with Gasteiger partial charge in [-0.3, -0.25) is 4.79 Å². The van der Waals surface area contributed by atoms with E-state index in [9.17, 15) is 9.90 Å². The number of aliphatic hydroxyl groups excluding tert-OH is 1. The Kier molecular flexibility index (Phi) is 6.13. The van der Waals surface area contributed by atoms with Crippen LogP contribution in [0.2, 0.25) is 5.15 Å². The number of nitrogens with one attached hydrogen (secondary N) is 1. The molecule has 0 aliphatic carbocycles. The highest BCUT2D eigenvalue weighted by Gasteiger charge is 2.17. The highest BCUT2D eigenvalue weighted by Crippen LogP contribution is 2.21. The van der Waals surface area contributed by atoms with E-state index in [1.807, 2.05) is 30.3 Å². The fourth-order valence-electron chi connectivity index (χ4n) is 2.56. The van der Waals surface area contributed by atoms with Gasteiger partial charge in [-0.05, 0) is 38.0 Å². The molecule has 4 nitrogen and oxygen atoms in total. The van der Waals surface area contributed by atoms with Crippen molar-refractivity contribution in [3.63, 3.8) is 0 Å². The van der Waals surface area contributed by atoms with Gasteiger partial charge in [0.15, 0.2) is 0 Å². The SMILES string of the molecule is Cc1nc(Cl)ccc1C(=O)NCC(CC(C)O)c1ccccc1. The molecule has 122 valence electrons. The van der Waals surface area contributed by atoms with E-state index in [1.54, 1.807) is 26.0 Å². The molecular formula is C18H21ClN2O2. The minimum absolute atomic E-state index is 0.0562. The Labute approximate surface area is 141 Å². The lowest BCUT2D eigenvalue weighted by Gasteiger charge is -2.20. The number of halogens is 1.